The van der Waals surface area contributed by atoms with E-state index in [9.17, 15) is 8.78 Å². The van der Waals surface area contributed by atoms with Gasteiger partial charge in [-0.3, -0.25) is 0 Å². The Labute approximate surface area is 99.7 Å². The quantitative estimate of drug-likeness (QED) is 0.584. The van der Waals surface area contributed by atoms with Gasteiger partial charge in [-0.15, -0.1) is 8.78 Å². The third kappa shape index (κ3) is 2.45. The molecule has 16 heavy (non-hydrogen) atoms. The molecule has 0 bridgehead atoms. The highest BCUT2D eigenvalue weighted by Crippen LogP contribution is 2.40. The first-order chi connectivity index (χ1) is 7.61. The van der Waals surface area contributed by atoms with Crippen LogP contribution < -0.4 is 9.47 Å². The predicted octanol–water partition coefficient (Wildman–Crippen LogP) is 3.14. The second-order valence-corrected chi connectivity index (χ2v) is 3.86. The van der Waals surface area contributed by atoms with Crippen LogP contribution in [0.3, 0.4) is 0 Å². The summed E-state index contributed by atoms with van der Waals surface area (Å²) in [5.74, 6) is 5.79. The molecule has 0 radical (unpaired) electrons. The lowest BCUT2D eigenvalue weighted by Crippen LogP contribution is -2.25. The van der Waals surface area contributed by atoms with Gasteiger partial charge in [0.25, 0.3) is 0 Å². The Morgan fingerprint density at radius 2 is 2.00 bits per heavy atom. The molecule has 0 aromatic heterocycles. The molecule has 0 spiro atoms. The highest BCUT2D eigenvalue weighted by Gasteiger charge is 2.43. The number of alkyl halides is 3. The molecule has 1 aromatic carbocycles. The van der Waals surface area contributed by atoms with Gasteiger partial charge in [0.05, 0.1) is 0 Å². The van der Waals surface area contributed by atoms with Crippen LogP contribution in [-0.4, -0.2) is 11.6 Å². The Morgan fingerprint density at radius 1 is 1.25 bits per heavy atom. The third-order valence-electron chi connectivity index (χ3n) is 1.85. The molecular weight excluding hydrogens is 282 g/mol. The summed E-state index contributed by atoms with van der Waals surface area (Å²) in [5, 5.41) is 0.780. The Balaban J connectivity index is 2.20. The summed E-state index contributed by atoms with van der Waals surface area (Å²) < 4.78 is 33.9. The smallest absolute Gasteiger partial charge is 0.395 e. The number of hydrogen-bond acceptors (Lipinski definition) is 2. The van der Waals surface area contributed by atoms with Crippen LogP contribution in [0.1, 0.15) is 12.0 Å². The summed E-state index contributed by atoms with van der Waals surface area (Å²) >= 11 is 3.24. The third-order valence-corrected chi connectivity index (χ3v) is 2.25. The van der Waals surface area contributed by atoms with Crippen LogP contribution in [-0.2, 0) is 0 Å². The zero-order valence-electron chi connectivity index (χ0n) is 8.10. The molecule has 1 heterocycles. The number of hydrogen-bond donors (Lipinski definition) is 0. The van der Waals surface area contributed by atoms with Crippen molar-refractivity contribution in [1.82, 2.24) is 0 Å². The molecule has 2 rings (SSSR count). The summed E-state index contributed by atoms with van der Waals surface area (Å²) in [4.78, 5) is 0. The lowest BCUT2D eigenvalue weighted by molar-refractivity contribution is -0.286. The lowest BCUT2D eigenvalue weighted by atomic mass is 10.2. The standard InChI is InChI=1S/C11H7BrF2O2/c12-6-2-1-3-8-4-5-9-10(7-8)16-11(13,14)15-9/h4-5,7H,2,6H2. The number of fused-ring (bicyclic) bond motifs is 1. The Kier molecular flexibility index (Phi) is 3.01. The van der Waals surface area contributed by atoms with E-state index in [1.807, 2.05) is 0 Å². The van der Waals surface area contributed by atoms with Gasteiger partial charge in [-0.1, -0.05) is 27.8 Å². The van der Waals surface area contributed by atoms with Crippen LogP contribution >= 0.6 is 15.9 Å². The van der Waals surface area contributed by atoms with E-state index in [1.54, 1.807) is 6.07 Å². The number of rotatable bonds is 1. The number of ether oxygens (including phenoxy) is 2. The van der Waals surface area contributed by atoms with Crippen molar-refractivity contribution in [1.29, 1.82) is 0 Å². The summed E-state index contributed by atoms with van der Waals surface area (Å²) in [6.07, 6.45) is -2.87. The monoisotopic (exact) mass is 288 g/mol. The van der Waals surface area contributed by atoms with Gasteiger partial charge < -0.3 is 9.47 Å². The molecular formula is C11H7BrF2O2. The van der Waals surface area contributed by atoms with Crippen LogP contribution in [0.4, 0.5) is 8.78 Å². The van der Waals surface area contributed by atoms with E-state index in [2.05, 4.69) is 37.2 Å². The maximum Gasteiger partial charge on any atom is 0.586 e. The SMILES string of the molecule is FC1(F)Oc2ccc(C#CCCBr)cc2O1. The van der Waals surface area contributed by atoms with Crippen molar-refractivity contribution in [3.8, 4) is 23.3 Å². The average Bonchev–Trinajstić information content (AvgIpc) is 2.51. The van der Waals surface area contributed by atoms with Gasteiger partial charge in [0, 0.05) is 23.4 Å². The van der Waals surface area contributed by atoms with Gasteiger partial charge in [0.15, 0.2) is 11.5 Å². The van der Waals surface area contributed by atoms with E-state index >= 15 is 0 Å². The zero-order chi connectivity index (χ0) is 11.6. The minimum Gasteiger partial charge on any atom is -0.395 e. The van der Waals surface area contributed by atoms with E-state index < -0.39 is 6.29 Å². The van der Waals surface area contributed by atoms with Crippen molar-refractivity contribution in [2.24, 2.45) is 0 Å². The maximum atomic E-state index is 12.7. The average molecular weight is 289 g/mol. The van der Waals surface area contributed by atoms with Gasteiger partial charge in [0.2, 0.25) is 0 Å². The van der Waals surface area contributed by atoms with Gasteiger partial charge in [0.1, 0.15) is 0 Å². The van der Waals surface area contributed by atoms with E-state index in [4.69, 9.17) is 0 Å². The molecule has 0 amide bonds. The Bertz CT molecular complexity index is 463. The molecule has 0 saturated carbocycles. The molecule has 0 atom stereocenters. The van der Waals surface area contributed by atoms with E-state index in [0.29, 0.717) is 12.0 Å². The van der Waals surface area contributed by atoms with Crippen molar-refractivity contribution in [2.75, 3.05) is 5.33 Å². The molecule has 0 unspecified atom stereocenters. The lowest BCUT2D eigenvalue weighted by Gasteiger charge is -2.04. The van der Waals surface area contributed by atoms with Gasteiger partial charge in [-0.2, -0.15) is 0 Å². The largest absolute Gasteiger partial charge is 0.586 e. The molecule has 2 nitrogen and oxygen atoms in total. The highest BCUT2D eigenvalue weighted by atomic mass is 79.9. The number of benzene rings is 1. The zero-order valence-corrected chi connectivity index (χ0v) is 9.68. The molecule has 5 heteroatoms. The maximum absolute atomic E-state index is 12.7. The molecule has 1 aliphatic rings. The fourth-order valence-corrected chi connectivity index (χ4v) is 1.44. The highest BCUT2D eigenvalue weighted by molar-refractivity contribution is 9.09. The van der Waals surface area contributed by atoms with Crippen molar-refractivity contribution < 1.29 is 18.3 Å². The predicted molar refractivity (Wildman–Crippen MR) is 57.9 cm³/mol. The summed E-state index contributed by atoms with van der Waals surface area (Å²) in [7, 11) is 0. The molecule has 0 fully saturated rings. The minimum atomic E-state index is -3.57. The van der Waals surface area contributed by atoms with Crippen molar-refractivity contribution in [3.05, 3.63) is 23.8 Å². The van der Waals surface area contributed by atoms with Crippen LogP contribution in [0.5, 0.6) is 11.5 Å². The summed E-state index contributed by atoms with van der Waals surface area (Å²) in [6.45, 7) is 0. The van der Waals surface area contributed by atoms with Crippen molar-refractivity contribution in [2.45, 2.75) is 12.7 Å². The molecule has 0 aliphatic carbocycles. The van der Waals surface area contributed by atoms with Crippen molar-refractivity contribution in [3.63, 3.8) is 0 Å². The first-order valence-electron chi connectivity index (χ1n) is 4.55. The van der Waals surface area contributed by atoms with E-state index in [0.717, 1.165) is 5.33 Å². The normalized spacial score (nSPS) is 15.4. The van der Waals surface area contributed by atoms with Crippen LogP contribution in [0, 0.1) is 11.8 Å². The van der Waals surface area contributed by atoms with Gasteiger partial charge >= 0.3 is 6.29 Å². The molecule has 1 aliphatic heterocycles. The molecule has 0 N–H and O–H groups in total. The van der Waals surface area contributed by atoms with Gasteiger partial charge in [-0.05, 0) is 12.1 Å². The molecule has 84 valence electrons. The van der Waals surface area contributed by atoms with Crippen molar-refractivity contribution >= 4 is 15.9 Å². The Hall–Kier alpha value is -1.28. The fraction of sp³-hybridized carbons (Fsp3) is 0.273. The first-order valence-corrected chi connectivity index (χ1v) is 5.67. The topological polar surface area (TPSA) is 18.5 Å². The second kappa shape index (κ2) is 4.30. The minimum absolute atomic E-state index is 0.0237. The second-order valence-electron chi connectivity index (χ2n) is 3.07. The van der Waals surface area contributed by atoms with Crippen LogP contribution in [0.15, 0.2) is 18.2 Å². The van der Waals surface area contributed by atoms with Crippen LogP contribution in [0.2, 0.25) is 0 Å². The molecule has 0 saturated heterocycles. The van der Waals surface area contributed by atoms with Crippen LogP contribution in [0.25, 0.3) is 0 Å². The fourth-order valence-electron chi connectivity index (χ4n) is 1.24. The van der Waals surface area contributed by atoms with E-state index in [-0.39, 0.29) is 11.5 Å². The first kappa shape index (κ1) is 11.2. The molecule has 1 aromatic rings. The summed E-state index contributed by atoms with van der Waals surface area (Å²) in [5.41, 5.74) is 0.626. The van der Waals surface area contributed by atoms with Gasteiger partial charge in [-0.25, -0.2) is 0 Å². The van der Waals surface area contributed by atoms with E-state index in [1.165, 1.54) is 12.1 Å². The number of halogens is 3. The summed E-state index contributed by atoms with van der Waals surface area (Å²) in [6, 6.07) is 4.48. The Morgan fingerprint density at radius 3 is 2.75 bits per heavy atom.